The largest absolute Gasteiger partial charge is 0.324 e. The molecular formula is C13H14Cl2N2O. The van der Waals surface area contributed by atoms with E-state index in [9.17, 15) is 4.79 Å². The van der Waals surface area contributed by atoms with Crippen molar-refractivity contribution >= 4 is 34.8 Å². The van der Waals surface area contributed by atoms with Crippen LogP contribution in [0, 0.1) is 17.3 Å². The fraction of sp³-hybridized carbons (Fsp3) is 0.385. The highest BCUT2D eigenvalue weighted by molar-refractivity contribution is 6.55. The molecule has 1 fully saturated rings. The second kappa shape index (κ2) is 4.90. The predicted octanol–water partition coefficient (Wildman–Crippen LogP) is 3.61. The van der Waals surface area contributed by atoms with Crippen LogP contribution in [0.5, 0.6) is 0 Å². The van der Waals surface area contributed by atoms with Crippen LogP contribution in [0.15, 0.2) is 35.1 Å². The van der Waals surface area contributed by atoms with Gasteiger partial charge in [0.15, 0.2) is 0 Å². The van der Waals surface area contributed by atoms with Crippen LogP contribution in [0.1, 0.15) is 13.8 Å². The van der Waals surface area contributed by atoms with Gasteiger partial charge in [-0.3, -0.25) is 9.78 Å². The number of carbonyl (C=O) groups excluding carboxylic acids is 1. The number of aromatic nitrogens is 1. The van der Waals surface area contributed by atoms with Crippen molar-refractivity contribution in [3.63, 3.8) is 0 Å². The molecule has 1 saturated carbocycles. The normalized spacial score (nSPS) is 24.2. The summed E-state index contributed by atoms with van der Waals surface area (Å²) in [6.07, 6.45) is 5.01. The Hall–Kier alpha value is -1.06. The molecule has 1 aliphatic carbocycles. The number of nitrogens with one attached hydrogen (secondary N) is 1. The van der Waals surface area contributed by atoms with Gasteiger partial charge in [-0.1, -0.05) is 37.0 Å². The average Bonchev–Trinajstić information content (AvgIpc) is 2.80. The molecule has 0 saturated heterocycles. The number of rotatable bonds is 3. The molecule has 2 rings (SSSR count). The summed E-state index contributed by atoms with van der Waals surface area (Å²) in [5, 5.41) is 2.85. The lowest BCUT2D eigenvalue weighted by atomic mass is 10.1. The van der Waals surface area contributed by atoms with Crippen LogP contribution in [0.4, 0.5) is 5.69 Å². The summed E-state index contributed by atoms with van der Waals surface area (Å²) in [6, 6.07) is 3.58. The molecule has 0 radical (unpaired) electrons. The number of halogens is 2. The smallest absolute Gasteiger partial charge is 0.228 e. The Morgan fingerprint density at radius 2 is 2.22 bits per heavy atom. The monoisotopic (exact) mass is 284 g/mol. The molecule has 3 nitrogen and oxygen atoms in total. The number of nitrogens with zero attached hydrogens (tertiary/aromatic N) is 1. The Balaban J connectivity index is 2.05. The maximum absolute atomic E-state index is 12.1. The maximum atomic E-state index is 12.1. The molecule has 1 heterocycles. The number of amides is 1. The zero-order valence-corrected chi connectivity index (χ0v) is 11.7. The van der Waals surface area contributed by atoms with Crippen molar-refractivity contribution in [3.8, 4) is 0 Å². The summed E-state index contributed by atoms with van der Waals surface area (Å²) >= 11 is 11.3. The van der Waals surface area contributed by atoms with E-state index in [1.807, 2.05) is 13.8 Å². The zero-order valence-electron chi connectivity index (χ0n) is 10.2. The van der Waals surface area contributed by atoms with Crippen LogP contribution in [-0.2, 0) is 4.79 Å². The second-order valence-corrected chi connectivity index (χ2v) is 6.02. The Morgan fingerprint density at radius 3 is 2.78 bits per heavy atom. The topological polar surface area (TPSA) is 42.0 Å². The first kappa shape index (κ1) is 13.4. The first-order valence-corrected chi connectivity index (χ1v) is 6.42. The third kappa shape index (κ3) is 2.68. The van der Waals surface area contributed by atoms with Crippen LogP contribution in [0.2, 0.25) is 0 Å². The second-order valence-electron chi connectivity index (χ2n) is 5.01. The van der Waals surface area contributed by atoms with Gasteiger partial charge in [-0.2, -0.15) is 0 Å². The van der Waals surface area contributed by atoms with Gasteiger partial charge in [-0.05, 0) is 29.5 Å². The van der Waals surface area contributed by atoms with Crippen LogP contribution >= 0.6 is 23.2 Å². The highest BCUT2D eigenvalue weighted by Gasteiger charge is 2.60. The number of hydrogen-bond acceptors (Lipinski definition) is 2. The fourth-order valence-corrected chi connectivity index (χ4v) is 2.55. The lowest BCUT2D eigenvalue weighted by Gasteiger charge is -2.05. The van der Waals surface area contributed by atoms with Crippen LogP contribution in [0.3, 0.4) is 0 Å². The molecule has 96 valence electrons. The molecule has 0 bridgehead atoms. The highest BCUT2D eigenvalue weighted by Crippen LogP contribution is 2.59. The highest BCUT2D eigenvalue weighted by atomic mass is 35.5. The van der Waals surface area contributed by atoms with Gasteiger partial charge in [0, 0.05) is 6.20 Å². The molecule has 1 aromatic heterocycles. The van der Waals surface area contributed by atoms with E-state index >= 15 is 0 Å². The molecule has 1 aromatic rings. The van der Waals surface area contributed by atoms with E-state index in [1.165, 1.54) is 0 Å². The van der Waals surface area contributed by atoms with Gasteiger partial charge >= 0.3 is 0 Å². The Labute approximate surface area is 116 Å². The molecule has 0 aliphatic heterocycles. The maximum Gasteiger partial charge on any atom is 0.228 e. The number of carbonyl (C=O) groups is 1. The first-order chi connectivity index (χ1) is 8.43. The minimum atomic E-state index is -0.110. The van der Waals surface area contributed by atoms with E-state index in [4.69, 9.17) is 23.2 Å². The van der Waals surface area contributed by atoms with Crippen molar-refractivity contribution in [2.24, 2.45) is 17.3 Å². The lowest BCUT2D eigenvalue weighted by molar-refractivity contribution is -0.118. The van der Waals surface area contributed by atoms with Gasteiger partial charge in [0.25, 0.3) is 0 Å². The summed E-state index contributed by atoms with van der Waals surface area (Å²) in [5.41, 5.74) is 0.589. The molecule has 1 aliphatic rings. The van der Waals surface area contributed by atoms with E-state index in [0.717, 1.165) is 0 Å². The summed E-state index contributed by atoms with van der Waals surface area (Å²) in [6.45, 7) is 4.05. The third-order valence-corrected chi connectivity index (χ3v) is 3.68. The van der Waals surface area contributed by atoms with E-state index < -0.39 is 0 Å². The summed E-state index contributed by atoms with van der Waals surface area (Å²) in [5.74, 6) is -0.0480. The molecule has 5 heteroatoms. The fourth-order valence-electron chi connectivity index (χ4n) is 2.28. The standard InChI is InChI=1S/C13H14Cl2N2O/c1-13(2)9(6-10(14)15)11(13)12(18)17-8-4-3-5-16-7-8/h3-7,9,11H,1-2H3,(H,17,18). The van der Waals surface area contributed by atoms with Gasteiger partial charge in [-0.15, -0.1) is 0 Å². The van der Waals surface area contributed by atoms with Crippen LogP contribution in [0.25, 0.3) is 0 Å². The van der Waals surface area contributed by atoms with Gasteiger partial charge in [0.1, 0.15) is 4.49 Å². The molecular weight excluding hydrogens is 271 g/mol. The number of hydrogen-bond donors (Lipinski definition) is 1. The molecule has 2 atom stereocenters. The first-order valence-electron chi connectivity index (χ1n) is 5.66. The summed E-state index contributed by atoms with van der Waals surface area (Å²) in [7, 11) is 0. The molecule has 1 amide bonds. The number of allylic oxidation sites excluding steroid dienone is 1. The van der Waals surface area contributed by atoms with Gasteiger partial charge in [0.05, 0.1) is 17.8 Å². The van der Waals surface area contributed by atoms with Crippen molar-refractivity contribution in [2.45, 2.75) is 13.8 Å². The number of anilines is 1. The van der Waals surface area contributed by atoms with E-state index in [0.29, 0.717) is 5.69 Å². The van der Waals surface area contributed by atoms with E-state index in [-0.39, 0.29) is 27.6 Å². The average molecular weight is 285 g/mol. The van der Waals surface area contributed by atoms with Crippen LogP contribution < -0.4 is 5.32 Å². The summed E-state index contributed by atoms with van der Waals surface area (Å²) < 4.78 is 0.213. The lowest BCUT2D eigenvalue weighted by Crippen LogP contribution is -2.16. The number of pyridine rings is 1. The minimum Gasteiger partial charge on any atom is -0.324 e. The van der Waals surface area contributed by atoms with Gasteiger partial charge in [-0.25, -0.2) is 0 Å². The van der Waals surface area contributed by atoms with Crippen molar-refractivity contribution < 1.29 is 4.79 Å². The van der Waals surface area contributed by atoms with Crippen molar-refractivity contribution in [2.75, 3.05) is 5.32 Å². The van der Waals surface area contributed by atoms with E-state index in [1.54, 1.807) is 30.6 Å². The Bertz CT molecular complexity index is 481. The van der Waals surface area contributed by atoms with Crippen molar-refractivity contribution in [1.29, 1.82) is 0 Å². The van der Waals surface area contributed by atoms with E-state index in [2.05, 4.69) is 10.3 Å². The Morgan fingerprint density at radius 1 is 1.50 bits per heavy atom. The Kier molecular flexibility index (Phi) is 3.64. The molecule has 0 aromatic carbocycles. The SMILES string of the molecule is CC1(C)C(C=C(Cl)Cl)C1C(=O)Nc1cccnc1. The molecule has 18 heavy (non-hydrogen) atoms. The molecule has 0 spiro atoms. The quantitative estimate of drug-likeness (QED) is 0.921. The van der Waals surface area contributed by atoms with Crippen molar-refractivity contribution in [3.05, 3.63) is 35.1 Å². The van der Waals surface area contributed by atoms with Gasteiger partial charge in [0.2, 0.25) is 5.91 Å². The molecule has 2 unspecified atom stereocenters. The minimum absolute atomic E-state index is 0.0242. The van der Waals surface area contributed by atoms with Crippen LogP contribution in [-0.4, -0.2) is 10.9 Å². The zero-order chi connectivity index (χ0) is 13.3. The third-order valence-electron chi connectivity index (χ3n) is 3.43. The molecule has 1 N–H and O–H groups in total. The van der Waals surface area contributed by atoms with Crippen molar-refractivity contribution in [1.82, 2.24) is 4.98 Å². The van der Waals surface area contributed by atoms with Gasteiger partial charge < -0.3 is 5.32 Å². The summed E-state index contributed by atoms with van der Waals surface area (Å²) in [4.78, 5) is 16.1. The predicted molar refractivity (Wildman–Crippen MR) is 73.4 cm³/mol.